The highest BCUT2D eigenvalue weighted by atomic mass is 16.5. The number of β-amino-alcohol motifs (C(OH)–C–C–N with tert-alkyl or cyclic N) is 1. The number of hydrogen-bond donors (Lipinski definition) is 3. The van der Waals surface area contributed by atoms with Gasteiger partial charge in [0.05, 0.1) is 13.2 Å². The maximum atomic E-state index is 12.5. The molecule has 1 saturated heterocycles. The minimum absolute atomic E-state index is 0.0483. The van der Waals surface area contributed by atoms with Crippen molar-refractivity contribution in [2.75, 3.05) is 51.4 Å². The number of allylic oxidation sites excluding steroid dienone is 1. The minimum atomic E-state index is -0.669. The van der Waals surface area contributed by atoms with E-state index in [1.807, 2.05) is 11.1 Å². The summed E-state index contributed by atoms with van der Waals surface area (Å²) in [5.41, 5.74) is 4.58. The number of fused-ring (bicyclic) bond motifs is 1. The number of aliphatic imine (C=N–C) groups is 1. The van der Waals surface area contributed by atoms with E-state index in [-0.39, 0.29) is 36.2 Å². The number of ether oxygens (including phenoxy) is 1. The Morgan fingerprint density at radius 1 is 1.35 bits per heavy atom. The third-order valence-electron chi connectivity index (χ3n) is 5.15. The Morgan fingerprint density at radius 2 is 2.16 bits per heavy atom. The molecule has 2 aromatic rings. The summed E-state index contributed by atoms with van der Waals surface area (Å²) in [5, 5.41) is 21.8. The van der Waals surface area contributed by atoms with Crippen LogP contribution in [0.25, 0.3) is 11.6 Å². The first-order valence-electron chi connectivity index (χ1n) is 10.2. The number of aromatic nitrogens is 1. The van der Waals surface area contributed by atoms with Crippen LogP contribution in [0, 0.1) is 0 Å². The number of hydrazine groups is 1. The summed E-state index contributed by atoms with van der Waals surface area (Å²) in [6.07, 6.45) is 4.92. The van der Waals surface area contributed by atoms with Crippen LogP contribution in [0.1, 0.15) is 28.6 Å². The van der Waals surface area contributed by atoms with Crippen LogP contribution < -0.4 is 5.43 Å². The molecule has 2 aliphatic heterocycles. The molecule has 10 nitrogen and oxygen atoms in total. The van der Waals surface area contributed by atoms with E-state index in [9.17, 15) is 9.90 Å². The van der Waals surface area contributed by atoms with Gasteiger partial charge in [0.15, 0.2) is 22.9 Å². The molecule has 0 radical (unpaired) electrons. The molecule has 0 aromatic carbocycles. The van der Waals surface area contributed by atoms with Gasteiger partial charge in [-0.05, 0) is 25.1 Å². The molecule has 0 unspecified atom stereocenters. The van der Waals surface area contributed by atoms with E-state index >= 15 is 0 Å². The fraction of sp³-hybridized carbons (Fsp3) is 0.381. The van der Waals surface area contributed by atoms with Crippen LogP contribution in [0.15, 0.2) is 27.7 Å². The molecule has 2 aliphatic rings. The van der Waals surface area contributed by atoms with Gasteiger partial charge in [-0.2, -0.15) is 0 Å². The largest absolute Gasteiger partial charge is 0.504 e. The second-order valence-electron chi connectivity index (χ2n) is 7.14. The number of rotatable bonds is 7. The average molecular weight is 427 g/mol. The number of furan rings is 1. The van der Waals surface area contributed by atoms with Crippen molar-refractivity contribution in [3.63, 3.8) is 0 Å². The molecular formula is C21H25N5O5. The van der Waals surface area contributed by atoms with E-state index in [1.54, 1.807) is 31.5 Å². The van der Waals surface area contributed by atoms with Gasteiger partial charge in [-0.1, -0.05) is 0 Å². The number of nitrogens with zero attached hydrogens (tertiary/aromatic N) is 4. The molecule has 164 valence electrons. The number of aromatic hydroxyl groups is 1. The predicted octanol–water partition coefficient (Wildman–Crippen LogP) is 1.75. The molecule has 4 rings (SSSR count). The Balaban J connectivity index is 1.61. The summed E-state index contributed by atoms with van der Waals surface area (Å²) in [7, 11) is 0. The van der Waals surface area contributed by atoms with Crippen molar-refractivity contribution < 1.29 is 24.2 Å². The Labute approximate surface area is 179 Å². The van der Waals surface area contributed by atoms with Gasteiger partial charge in [0.1, 0.15) is 0 Å². The van der Waals surface area contributed by atoms with Crippen molar-refractivity contribution in [1.82, 2.24) is 14.9 Å². The molecule has 10 heteroatoms. The van der Waals surface area contributed by atoms with E-state index in [2.05, 4.69) is 20.3 Å². The summed E-state index contributed by atoms with van der Waals surface area (Å²) in [6, 6.07) is 3.68. The van der Waals surface area contributed by atoms with Crippen LogP contribution in [0.4, 0.5) is 11.7 Å². The van der Waals surface area contributed by atoms with Crippen molar-refractivity contribution >= 4 is 35.5 Å². The summed E-state index contributed by atoms with van der Waals surface area (Å²) >= 11 is 0. The number of pyridine rings is 1. The molecule has 4 heterocycles. The van der Waals surface area contributed by atoms with Gasteiger partial charge in [-0.3, -0.25) is 10.3 Å². The molecule has 2 aromatic heterocycles. The maximum absolute atomic E-state index is 12.5. The van der Waals surface area contributed by atoms with Gasteiger partial charge in [0, 0.05) is 56.3 Å². The number of nitrogens with one attached hydrogen (secondary N) is 1. The number of aliphatic hydroxyl groups is 1. The Bertz CT molecular complexity index is 1010. The third kappa shape index (κ3) is 4.46. The topological polar surface area (TPSA) is 124 Å². The Morgan fingerprint density at radius 3 is 2.90 bits per heavy atom. The van der Waals surface area contributed by atoms with Crippen LogP contribution in [-0.2, 0) is 4.74 Å². The Hall–Kier alpha value is -3.21. The second kappa shape index (κ2) is 9.29. The standard InChI is InChI=1S/C21H25N5O5/c1-2-30-21(29)17-18(28)16(12-14-13-23-19-15(14)4-3-5-22-19)31-20(17)24-26-8-6-25(7-9-26)10-11-27/h3-5,12-13,24,27-28H,2,6-11H2,1H3/b14-12+. The number of carbonyl (C=O) groups excluding carboxylic acids is 1. The zero-order valence-electron chi connectivity index (χ0n) is 17.2. The van der Waals surface area contributed by atoms with E-state index in [1.165, 1.54) is 0 Å². The fourth-order valence-corrected chi connectivity index (χ4v) is 3.56. The molecule has 0 aliphatic carbocycles. The summed E-state index contributed by atoms with van der Waals surface area (Å²) in [4.78, 5) is 23.1. The second-order valence-corrected chi connectivity index (χ2v) is 7.14. The number of esters is 1. The van der Waals surface area contributed by atoms with Gasteiger partial charge in [-0.15, -0.1) is 0 Å². The molecule has 0 saturated carbocycles. The van der Waals surface area contributed by atoms with Gasteiger partial charge >= 0.3 is 5.97 Å². The quantitative estimate of drug-likeness (QED) is 0.567. The summed E-state index contributed by atoms with van der Waals surface area (Å²) < 4.78 is 11.0. The van der Waals surface area contributed by atoms with Crippen LogP contribution in [0.2, 0.25) is 0 Å². The number of anilines is 1. The third-order valence-corrected chi connectivity index (χ3v) is 5.15. The predicted molar refractivity (Wildman–Crippen MR) is 115 cm³/mol. The fourth-order valence-electron chi connectivity index (χ4n) is 3.56. The van der Waals surface area contributed by atoms with Crippen LogP contribution in [0.3, 0.4) is 0 Å². The monoisotopic (exact) mass is 427 g/mol. The molecular weight excluding hydrogens is 402 g/mol. The first kappa shape index (κ1) is 21.0. The maximum Gasteiger partial charge on any atom is 0.347 e. The first-order valence-corrected chi connectivity index (χ1v) is 10.2. The van der Waals surface area contributed by atoms with E-state index in [4.69, 9.17) is 14.3 Å². The van der Waals surface area contributed by atoms with Crippen molar-refractivity contribution in [3.8, 4) is 5.75 Å². The van der Waals surface area contributed by atoms with E-state index in [0.29, 0.717) is 31.0 Å². The van der Waals surface area contributed by atoms with Gasteiger partial charge in [0.25, 0.3) is 0 Å². The highest BCUT2D eigenvalue weighted by Crippen LogP contribution is 2.38. The molecule has 0 atom stereocenters. The van der Waals surface area contributed by atoms with Gasteiger partial charge in [0.2, 0.25) is 5.88 Å². The average Bonchev–Trinajstić information content (AvgIpc) is 3.31. The lowest BCUT2D eigenvalue weighted by Crippen LogP contribution is -2.49. The normalized spacial score (nSPS) is 17.8. The van der Waals surface area contributed by atoms with E-state index in [0.717, 1.165) is 18.7 Å². The van der Waals surface area contributed by atoms with Crippen LogP contribution >= 0.6 is 0 Å². The smallest absolute Gasteiger partial charge is 0.347 e. The minimum Gasteiger partial charge on any atom is -0.504 e. The van der Waals surface area contributed by atoms with E-state index < -0.39 is 5.97 Å². The zero-order valence-corrected chi connectivity index (χ0v) is 17.2. The molecule has 0 amide bonds. The van der Waals surface area contributed by atoms with Crippen molar-refractivity contribution in [2.45, 2.75) is 6.92 Å². The van der Waals surface area contributed by atoms with Crippen LogP contribution in [-0.4, -0.2) is 83.2 Å². The van der Waals surface area contributed by atoms with Crippen molar-refractivity contribution in [3.05, 3.63) is 35.2 Å². The summed E-state index contributed by atoms with van der Waals surface area (Å²) in [5.74, 6) is -0.123. The molecule has 0 spiro atoms. The Kier molecular flexibility index (Phi) is 6.31. The lowest BCUT2D eigenvalue weighted by Gasteiger charge is -2.34. The molecule has 1 fully saturated rings. The lowest BCUT2D eigenvalue weighted by atomic mass is 10.1. The molecule has 31 heavy (non-hydrogen) atoms. The molecule has 0 bridgehead atoms. The number of carbonyl (C=O) groups is 1. The number of piperazine rings is 1. The SMILES string of the molecule is CCOC(=O)c1c(NN2CCN(CCO)CC2)oc(/C=C2\C=Nc3ncccc32)c1O. The zero-order chi connectivity index (χ0) is 21.8. The summed E-state index contributed by atoms with van der Waals surface area (Å²) in [6.45, 7) is 5.44. The first-order chi connectivity index (χ1) is 15.1. The lowest BCUT2D eigenvalue weighted by molar-refractivity contribution is 0.0523. The van der Waals surface area contributed by atoms with Crippen LogP contribution in [0.5, 0.6) is 5.75 Å². The van der Waals surface area contributed by atoms with Crippen molar-refractivity contribution in [2.24, 2.45) is 4.99 Å². The molecule has 3 N–H and O–H groups in total. The highest BCUT2D eigenvalue weighted by molar-refractivity contribution is 6.21. The van der Waals surface area contributed by atoms with Gasteiger partial charge in [-0.25, -0.2) is 19.8 Å². The van der Waals surface area contributed by atoms with Gasteiger partial charge < -0.3 is 19.4 Å². The highest BCUT2D eigenvalue weighted by Gasteiger charge is 2.29. The number of hydrogen-bond acceptors (Lipinski definition) is 10. The number of aliphatic hydroxyl groups excluding tert-OH is 1. The van der Waals surface area contributed by atoms with Crippen molar-refractivity contribution in [1.29, 1.82) is 0 Å².